The van der Waals surface area contributed by atoms with E-state index in [4.69, 9.17) is 4.74 Å². The summed E-state index contributed by atoms with van der Waals surface area (Å²) in [5, 5.41) is 0. The Hall–Kier alpha value is -2.37. The molecule has 1 fully saturated rings. The van der Waals surface area contributed by atoms with Crippen LogP contribution < -0.4 is 4.74 Å². The Bertz CT molecular complexity index is 563. The van der Waals surface area contributed by atoms with Crippen molar-refractivity contribution in [3.63, 3.8) is 0 Å². The largest absolute Gasteiger partial charge is 0.490 e. The van der Waals surface area contributed by atoms with Gasteiger partial charge in [-0.3, -0.25) is 9.78 Å². The predicted molar refractivity (Wildman–Crippen MR) is 76.7 cm³/mol. The number of likely N-dealkylation sites (tertiary alicyclic amines) is 1. The second kappa shape index (κ2) is 6.39. The van der Waals surface area contributed by atoms with Crippen molar-refractivity contribution in [1.29, 1.82) is 0 Å². The average Bonchev–Trinajstić information content (AvgIpc) is 3.02. The number of piperidine rings is 1. The van der Waals surface area contributed by atoms with Crippen molar-refractivity contribution in [1.82, 2.24) is 19.4 Å². The number of hydrogen-bond acceptors (Lipinski definition) is 4. The van der Waals surface area contributed by atoms with E-state index in [2.05, 4.69) is 9.97 Å². The zero-order chi connectivity index (χ0) is 14.5. The van der Waals surface area contributed by atoms with Gasteiger partial charge >= 0.3 is 0 Å². The molecule has 0 spiro atoms. The van der Waals surface area contributed by atoms with Crippen LogP contribution in [-0.2, 0) is 11.3 Å². The van der Waals surface area contributed by atoms with E-state index in [0.29, 0.717) is 6.54 Å². The molecule has 21 heavy (non-hydrogen) atoms. The average molecular weight is 286 g/mol. The van der Waals surface area contributed by atoms with E-state index >= 15 is 0 Å². The van der Waals surface area contributed by atoms with Crippen LogP contribution in [0.3, 0.4) is 0 Å². The van der Waals surface area contributed by atoms with Gasteiger partial charge in [-0.2, -0.15) is 0 Å². The van der Waals surface area contributed by atoms with Gasteiger partial charge in [0.2, 0.25) is 5.91 Å². The molecule has 2 aromatic heterocycles. The molecular weight excluding hydrogens is 268 g/mol. The van der Waals surface area contributed by atoms with Crippen LogP contribution in [-0.4, -0.2) is 44.5 Å². The molecule has 0 unspecified atom stereocenters. The highest BCUT2D eigenvalue weighted by Crippen LogP contribution is 2.18. The second-order valence-electron chi connectivity index (χ2n) is 5.12. The van der Waals surface area contributed by atoms with Crippen LogP contribution in [0.5, 0.6) is 5.75 Å². The summed E-state index contributed by atoms with van der Waals surface area (Å²) in [4.78, 5) is 22.0. The lowest BCUT2D eigenvalue weighted by molar-refractivity contribution is -0.133. The van der Waals surface area contributed by atoms with Gasteiger partial charge in [-0.05, 0) is 12.1 Å². The summed E-state index contributed by atoms with van der Waals surface area (Å²) >= 11 is 0. The maximum absolute atomic E-state index is 12.2. The minimum absolute atomic E-state index is 0.135. The lowest BCUT2D eigenvalue weighted by atomic mass is 10.1. The van der Waals surface area contributed by atoms with Gasteiger partial charge in [0.1, 0.15) is 18.4 Å². The minimum Gasteiger partial charge on any atom is -0.490 e. The molecule has 6 nitrogen and oxygen atoms in total. The highest BCUT2D eigenvalue weighted by molar-refractivity contribution is 5.76. The number of carbonyl (C=O) groups is 1. The van der Waals surface area contributed by atoms with Crippen LogP contribution in [0.25, 0.3) is 0 Å². The van der Waals surface area contributed by atoms with Gasteiger partial charge in [0.25, 0.3) is 0 Å². The maximum Gasteiger partial charge on any atom is 0.242 e. The zero-order valence-electron chi connectivity index (χ0n) is 11.8. The minimum atomic E-state index is 0.135. The number of ether oxygens (including phenoxy) is 1. The number of nitrogens with zero attached hydrogens (tertiary/aromatic N) is 4. The topological polar surface area (TPSA) is 60.2 Å². The molecule has 0 aliphatic carbocycles. The molecule has 3 rings (SSSR count). The highest BCUT2D eigenvalue weighted by Gasteiger charge is 2.23. The van der Waals surface area contributed by atoms with Gasteiger partial charge in [-0.25, -0.2) is 4.98 Å². The van der Waals surface area contributed by atoms with Crippen molar-refractivity contribution in [3.8, 4) is 5.75 Å². The molecule has 1 aliphatic rings. The molecule has 0 N–H and O–H groups in total. The third-order valence-electron chi connectivity index (χ3n) is 3.62. The molecule has 1 aliphatic heterocycles. The number of aromatic nitrogens is 3. The first-order valence-corrected chi connectivity index (χ1v) is 7.11. The van der Waals surface area contributed by atoms with Crippen LogP contribution in [0, 0.1) is 0 Å². The highest BCUT2D eigenvalue weighted by atomic mass is 16.5. The fourth-order valence-corrected chi connectivity index (χ4v) is 2.47. The van der Waals surface area contributed by atoms with Crippen LogP contribution in [0.2, 0.25) is 0 Å². The summed E-state index contributed by atoms with van der Waals surface area (Å²) in [6, 6.07) is 3.72. The Morgan fingerprint density at radius 1 is 1.19 bits per heavy atom. The van der Waals surface area contributed by atoms with E-state index in [9.17, 15) is 4.79 Å². The van der Waals surface area contributed by atoms with E-state index in [1.54, 1.807) is 35.7 Å². The van der Waals surface area contributed by atoms with Gasteiger partial charge < -0.3 is 14.2 Å². The third kappa shape index (κ3) is 3.59. The molecule has 0 radical (unpaired) electrons. The zero-order valence-corrected chi connectivity index (χ0v) is 11.8. The number of pyridine rings is 1. The monoisotopic (exact) mass is 286 g/mol. The Kier molecular flexibility index (Phi) is 4.14. The number of amides is 1. The second-order valence-corrected chi connectivity index (χ2v) is 5.12. The van der Waals surface area contributed by atoms with Crippen molar-refractivity contribution in [2.24, 2.45) is 0 Å². The van der Waals surface area contributed by atoms with Gasteiger partial charge in [-0.1, -0.05) is 0 Å². The molecule has 6 heteroatoms. The molecule has 110 valence electrons. The molecule has 3 heterocycles. The smallest absolute Gasteiger partial charge is 0.242 e. The van der Waals surface area contributed by atoms with Crippen molar-refractivity contribution in [3.05, 3.63) is 43.2 Å². The first kappa shape index (κ1) is 13.6. The first-order chi connectivity index (χ1) is 10.3. The molecule has 0 aromatic carbocycles. The van der Waals surface area contributed by atoms with Gasteiger partial charge in [-0.15, -0.1) is 0 Å². The summed E-state index contributed by atoms with van der Waals surface area (Å²) in [7, 11) is 0. The SMILES string of the molecule is O=C(Cn1ccnc1)N1CCC(Oc2ccncc2)CC1. The lowest BCUT2D eigenvalue weighted by Gasteiger charge is -2.32. The van der Waals surface area contributed by atoms with E-state index in [1.807, 2.05) is 17.0 Å². The van der Waals surface area contributed by atoms with Crippen LogP contribution in [0.1, 0.15) is 12.8 Å². The molecule has 0 saturated carbocycles. The summed E-state index contributed by atoms with van der Waals surface area (Å²) in [5.74, 6) is 0.976. The molecule has 1 amide bonds. The predicted octanol–water partition coefficient (Wildman–Crippen LogP) is 1.35. The first-order valence-electron chi connectivity index (χ1n) is 7.11. The van der Waals surface area contributed by atoms with E-state index in [0.717, 1.165) is 31.7 Å². The number of carbonyl (C=O) groups excluding carboxylic acids is 1. The molecule has 0 bridgehead atoms. The number of imidazole rings is 1. The molecule has 1 saturated heterocycles. The quantitative estimate of drug-likeness (QED) is 0.851. The van der Waals surface area contributed by atoms with Crippen LogP contribution in [0.4, 0.5) is 0 Å². The Morgan fingerprint density at radius 3 is 2.62 bits per heavy atom. The lowest BCUT2D eigenvalue weighted by Crippen LogP contribution is -2.43. The fraction of sp³-hybridized carbons (Fsp3) is 0.400. The summed E-state index contributed by atoms with van der Waals surface area (Å²) in [5.41, 5.74) is 0. The third-order valence-corrected chi connectivity index (χ3v) is 3.62. The Balaban J connectivity index is 1.47. The molecular formula is C15H18N4O2. The van der Waals surface area contributed by atoms with Gasteiger partial charge in [0, 0.05) is 50.7 Å². The Labute approximate surface area is 123 Å². The standard InChI is InChI=1S/C15H18N4O2/c20-15(11-18-10-7-17-12-18)19-8-3-14(4-9-19)21-13-1-5-16-6-2-13/h1-2,5-7,10,12,14H,3-4,8-9,11H2. The summed E-state index contributed by atoms with van der Waals surface area (Å²) in [6.45, 7) is 1.84. The van der Waals surface area contributed by atoms with Crippen molar-refractivity contribution in [2.45, 2.75) is 25.5 Å². The van der Waals surface area contributed by atoms with Crippen molar-refractivity contribution in [2.75, 3.05) is 13.1 Å². The van der Waals surface area contributed by atoms with E-state index < -0.39 is 0 Å². The van der Waals surface area contributed by atoms with Crippen LogP contribution >= 0.6 is 0 Å². The Morgan fingerprint density at radius 2 is 1.95 bits per heavy atom. The normalized spacial score (nSPS) is 15.9. The van der Waals surface area contributed by atoms with Crippen molar-refractivity contribution >= 4 is 5.91 Å². The summed E-state index contributed by atoms with van der Waals surface area (Å²) < 4.78 is 7.69. The fourth-order valence-electron chi connectivity index (χ4n) is 2.47. The molecule has 0 atom stereocenters. The van der Waals surface area contributed by atoms with E-state index in [1.165, 1.54) is 0 Å². The van der Waals surface area contributed by atoms with Gasteiger partial charge in [0.15, 0.2) is 0 Å². The van der Waals surface area contributed by atoms with Crippen LogP contribution in [0.15, 0.2) is 43.2 Å². The van der Waals surface area contributed by atoms with Crippen molar-refractivity contribution < 1.29 is 9.53 Å². The number of hydrogen-bond donors (Lipinski definition) is 0. The molecule has 2 aromatic rings. The van der Waals surface area contributed by atoms with E-state index in [-0.39, 0.29) is 12.0 Å². The summed E-state index contributed by atoms with van der Waals surface area (Å²) in [6.07, 6.45) is 10.5. The van der Waals surface area contributed by atoms with Gasteiger partial charge in [0.05, 0.1) is 6.33 Å². The number of rotatable bonds is 4. The maximum atomic E-state index is 12.2.